The van der Waals surface area contributed by atoms with E-state index in [1.807, 2.05) is 18.2 Å². The number of allylic oxidation sites excluding steroid dienone is 2. The predicted molar refractivity (Wildman–Crippen MR) is 134 cm³/mol. The number of hydrogen-bond donors (Lipinski definition) is 1. The van der Waals surface area contributed by atoms with Crippen molar-refractivity contribution in [3.05, 3.63) is 81.7 Å². The zero-order valence-electron chi connectivity index (χ0n) is 21.1. The van der Waals surface area contributed by atoms with Crippen molar-refractivity contribution < 1.29 is 23.8 Å². The van der Waals surface area contributed by atoms with Gasteiger partial charge in [0.25, 0.3) is 0 Å². The van der Waals surface area contributed by atoms with Gasteiger partial charge in [0, 0.05) is 29.3 Å². The van der Waals surface area contributed by atoms with Gasteiger partial charge in [-0.15, -0.1) is 0 Å². The Morgan fingerprint density at radius 3 is 2.43 bits per heavy atom. The summed E-state index contributed by atoms with van der Waals surface area (Å²) < 4.78 is 16.9. The lowest BCUT2D eigenvalue weighted by Crippen LogP contribution is -2.40. The van der Waals surface area contributed by atoms with Crippen LogP contribution in [0.15, 0.2) is 53.9 Å². The molecule has 4 rings (SSSR count). The van der Waals surface area contributed by atoms with Gasteiger partial charge in [0.15, 0.2) is 17.3 Å². The molecular formula is C29H33NO5. The molecule has 184 valence electrons. The summed E-state index contributed by atoms with van der Waals surface area (Å²) in [5, 5.41) is 3.21. The highest BCUT2D eigenvalue weighted by Crippen LogP contribution is 2.46. The van der Waals surface area contributed by atoms with Crippen molar-refractivity contribution in [2.45, 2.75) is 52.6 Å². The molecule has 35 heavy (non-hydrogen) atoms. The zero-order chi connectivity index (χ0) is 25.3. The maximum atomic E-state index is 13.0. The first-order valence-corrected chi connectivity index (χ1v) is 11.9. The monoisotopic (exact) mass is 475 g/mol. The summed E-state index contributed by atoms with van der Waals surface area (Å²) in [4.78, 5) is 25.8. The van der Waals surface area contributed by atoms with Gasteiger partial charge >= 0.3 is 5.97 Å². The zero-order valence-corrected chi connectivity index (χ0v) is 21.1. The maximum absolute atomic E-state index is 13.0. The van der Waals surface area contributed by atoms with Crippen LogP contribution in [0.2, 0.25) is 0 Å². The van der Waals surface area contributed by atoms with E-state index in [1.165, 1.54) is 23.8 Å². The maximum Gasteiger partial charge on any atom is 0.315 e. The van der Waals surface area contributed by atoms with Gasteiger partial charge in [-0.1, -0.05) is 30.3 Å². The molecule has 2 aliphatic rings. The molecule has 1 aliphatic carbocycles. The van der Waals surface area contributed by atoms with Gasteiger partial charge in [-0.3, -0.25) is 9.59 Å². The van der Waals surface area contributed by atoms with Crippen LogP contribution < -0.4 is 14.8 Å². The van der Waals surface area contributed by atoms with E-state index >= 15 is 0 Å². The fraction of sp³-hybridized carbons (Fsp3) is 0.379. The van der Waals surface area contributed by atoms with Crippen LogP contribution in [0.4, 0.5) is 0 Å². The predicted octanol–water partition coefficient (Wildman–Crippen LogP) is 5.20. The van der Waals surface area contributed by atoms with Crippen LogP contribution in [0.5, 0.6) is 11.5 Å². The molecule has 2 unspecified atom stereocenters. The van der Waals surface area contributed by atoms with Crippen molar-refractivity contribution in [3.8, 4) is 11.5 Å². The summed E-state index contributed by atoms with van der Waals surface area (Å²) in [5.74, 6) is -0.444. The van der Waals surface area contributed by atoms with E-state index in [0.717, 1.165) is 29.7 Å². The number of carbonyl (C=O) groups is 2. The molecule has 0 saturated carbocycles. The molecule has 2 aromatic carbocycles. The highest BCUT2D eigenvalue weighted by atomic mass is 16.5. The standard InChI is InChI=1S/C29H33NO5/c1-16-12-17(2)21(18(3)13-16)15-35-24-11-10-20(14-25(24)33-5)27-26(29(32)34-6)19(4)30-22-8-7-9-23(31)28(22)27/h10-14,26-27,30H,4,7-9,15H2,1-3,5-6H3. The Morgan fingerprint density at radius 1 is 1.06 bits per heavy atom. The van der Waals surface area contributed by atoms with Gasteiger partial charge in [0.1, 0.15) is 12.5 Å². The normalized spacial score (nSPS) is 19.7. The first kappa shape index (κ1) is 24.6. The highest BCUT2D eigenvalue weighted by Gasteiger charge is 2.43. The molecule has 0 aromatic heterocycles. The number of ketones is 1. The number of aryl methyl sites for hydroxylation is 3. The molecule has 0 spiro atoms. The highest BCUT2D eigenvalue weighted by molar-refractivity contribution is 6.00. The fourth-order valence-corrected chi connectivity index (χ4v) is 5.34. The van der Waals surface area contributed by atoms with Gasteiger partial charge in [0.05, 0.1) is 14.2 Å². The van der Waals surface area contributed by atoms with Crippen molar-refractivity contribution >= 4 is 11.8 Å². The van der Waals surface area contributed by atoms with E-state index in [1.54, 1.807) is 7.11 Å². The Morgan fingerprint density at radius 2 is 1.77 bits per heavy atom. The average Bonchev–Trinajstić information content (AvgIpc) is 2.82. The lowest BCUT2D eigenvalue weighted by molar-refractivity contribution is -0.144. The van der Waals surface area contributed by atoms with Crippen LogP contribution in [-0.4, -0.2) is 26.0 Å². The smallest absolute Gasteiger partial charge is 0.315 e. The van der Waals surface area contributed by atoms with Gasteiger partial charge in [-0.25, -0.2) is 0 Å². The summed E-state index contributed by atoms with van der Waals surface area (Å²) in [5.41, 5.74) is 7.55. The number of benzene rings is 2. The van der Waals surface area contributed by atoms with Crippen molar-refractivity contribution in [1.82, 2.24) is 5.32 Å². The molecule has 0 radical (unpaired) electrons. The second-order valence-corrected chi connectivity index (χ2v) is 9.37. The largest absolute Gasteiger partial charge is 0.493 e. The number of carbonyl (C=O) groups excluding carboxylic acids is 2. The van der Waals surface area contributed by atoms with E-state index in [-0.39, 0.29) is 5.78 Å². The Labute approximate surface area is 207 Å². The Hall–Kier alpha value is -3.54. The molecule has 0 saturated heterocycles. The van der Waals surface area contributed by atoms with Crippen LogP contribution in [-0.2, 0) is 20.9 Å². The minimum absolute atomic E-state index is 0.0507. The topological polar surface area (TPSA) is 73.9 Å². The van der Waals surface area contributed by atoms with Crippen LogP contribution in [0.3, 0.4) is 0 Å². The van der Waals surface area contributed by atoms with Crippen LogP contribution in [0.25, 0.3) is 0 Å². The molecule has 6 nitrogen and oxygen atoms in total. The number of Topliss-reactive ketones (excluding diaryl/α,β-unsaturated/α-hetero) is 1. The number of hydrogen-bond acceptors (Lipinski definition) is 6. The summed E-state index contributed by atoms with van der Waals surface area (Å²) in [7, 11) is 2.94. The van der Waals surface area contributed by atoms with Gasteiger partial charge in [-0.2, -0.15) is 0 Å². The van der Waals surface area contributed by atoms with E-state index in [9.17, 15) is 9.59 Å². The molecule has 0 fully saturated rings. The van der Waals surface area contributed by atoms with E-state index in [0.29, 0.717) is 35.8 Å². The molecule has 1 aliphatic heterocycles. The van der Waals surface area contributed by atoms with E-state index in [2.05, 4.69) is 44.8 Å². The van der Waals surface area contributed by atoms with Crippen molar-refractivity contribution in [2.24, 2.45) is 5.92 Å². The molecular weight excluding hydrogens is 442 g/mol. The second kappa shape index (κ2) is 9.98. The third-order valence-corrected chi connectivity index (χ3v) is 7.00. The number of ether oxygens (including phenoxy) is 3. The summed E-state index contributed by atoms with van der Waals surface area (Å²) in [6.07, 6.45) is 1.99. The summed E-state index contributed by atoms with van der Waals surface area (Å²) in [6.45, 7) is 10.8. The van der Waals surface area contributed by atoms with Crippen LogP contribution in [0.1, 0.15) is 53.0 Å². The van der Waals surface area contributed by atoms with E-state index < -0.39 is 17.8 Å². The van der Waals surface area contributed by atoms with Crippen molar-refractivity contribution in [3.63, 3.8) is 0 Å². The SMILES string of the molecule is C=C1NC2=C(C(=O)CCC2)C(c2ccc(OCc3c(C)cc(C)cc3C)c(OC)c2)C1C(=O)OC. The minimum atomic E-state index is -0.713. The van der Waals surface area contributed by atoms with Crippen molar-refractivity contribution in [1.29, 1.82) is 0 Å². The average molecular weight is 476 g/mol. The lowest BCUT2D eigenvalue weighted by Gasteiger charge is -2.38. The Bertz CT molecular complexity index is 1200. The first-order chi connectivity index (χ1) is 16.7. The fourth-order valence-electron chi connectivity index (χ4n) is 5.34. The van der Waals surface area contributed by atoms with E-state index in [4.69, 9.17) is 14.2 Å². The molecule has 0 amide bonds. The number of methoxy groups -OCH3 is 2. The Kier molecular flexibility index (Phi) is 7.01. The number of rotatable bonds is 6. The second-order valence-electron chi connectivity index (χ2n) is 9.37. The van der Waals surface area contributed by atoms with Crippen molar-refractivity contribution in [2.75, 3.05) is 14.2 Å². The van der Waals surface area contributed by atoms with Crippen LogP contribution in [0, 0.1) is 26.7 Å². The molecule has 2 aromatic rings. The third kappa shape index (κ3) is 4.70. The quantitative estimate of drug-likeness (QED) is 0.579. The molecule has 2 atom stereocenters. The van der Waals surface area contributed by atoms with Crippen LogP contribution >= 0.6 is 0 Å². The van der Waals surface area contributed by atoms with Gasteiger partial charge < -0.3 is 19.5 Å². The minimum Gasteiger partial charge on any atom is -0.493 e. The summed E-state index contributed by atoms with van der Waals surface area (Å²) in [6, 6.07) is 9.90. The van der Waals surface area contributed by atoms with Gasteiger partial charge in [0.2, 0.25) is 0 Å². The lowest BCUT2D eigenvalue weighted by atomic mass is 9.71. The third-order valence-electron chi connectivity index (χ3n) is 7.00. The number of esters is 1. The molecule has 0 bridgehead atoms. The number of nitrogens with one attached hydrogen (secondary N) is 1. The molecule has 1 N–H and O–H groups in total. The molecule has 1 heterocycles. The first-order valence-electron chi connectivity index (χ1n) is 11.9. The Balaban J connectivity index is 1.71. The summed E-state index contributed by atoms with van der Waals surface area (Å²) >= 11 is 0. The molecule has 6 heteroatoms. The van der Waals surface area contributed by atoms with Gasteiger partial charge in [-0.05, 0) is 68.0 Å².